The Morgan fingerprint density at radius 3 is 2.67 bits per heavy atom. The van der Waals surface area contributed by atoms with Crippen LogP contribution in [0.1, 0.15) is 5.56 Å². The monoisotopic (exact) mass is 381 g/mol. The second-order valence-electron chi connectivity index (χ2n) is 4.35. The van der Waals surface area contributed by atoms with Gasteiger partial charge < -0.3 is 11.2 Å². The Balaban J connectivity index is 2.01. The van der Waals surface area contributed by atoms with Gasteiger partial charge >= 0.3 is 6.18 Å². The number of nitrogens with two attached hydrogens (primary N) is 2. The molecule has 1 heterocycles. The van der Waals surface area contributed by atoms with E-state index in [1.165, 1.54) is 6.07 Å². The molecule has 0 bridgehead atoms. The molecule has 0 aliphatic rings. The van der Waals surface area contributed by atoms with Gasteiger partial charge in [-0.1, -0.05) is 23.4 Å². The number of hydrogen-bond donors (Lipinski definition) is 4. The van der Waals surface area contributed by atoms with Crippen molar-refractivity contribution in [1.29, 1.82) is 0 Å². The van der Waals surface area contributed by atoms with Crippen LogP contribution in [-0.4, -0.2) is 26.5 Å². The Labute approximate surface area is 142 Å². The molecule has 0 saturated heterocycles. The number of halogens is 4. The lowest BCUT2D eigenvalue weighted by Crippen LogP contribution is -2.19. The van der Waals surface area contributed by atoms with Gasteiger partial charge in [-0.25, -0.2) is 10.5 Å². The molecule has 1 aromatic heterocycles. The first-order valence-electron chi connectivity index (χ1n) is 6.19. The fourth-order valence-electron chi connectivity index (χ4n) is 1.62. The van der Waals surface area contributed by atoms with E-state index in [0.717, 1.165) is 28.6 Å². The number of benzene rings is 1. The number of amides is 1. The van der Waals surface area contributed by atoms with Gasteiger partial charge in [-0.3, -0.25) is 10.2 Å². The fourth-order valence-corrected chi connectivity index (χ4v) is 2.50. The number of hydrogen-bond acceptors (Lipinski definition) is 7. The van der Waals surface area contributed by atoms with Gasteiger partial charge in [0.1, 0.15) is 0 Å². The minimum Gasteiger partial charge on any atom is -0.334 e. The Morgan fingerprint density at radius 2 is 2.08 bits per heavy atom. The number of nitrogen functional groups attached to an aromatic ring is 2. The zero-order chi connectivity index (χ0) is 17.9. The molecule has 0 atom stereocenters. The summed E-state index contributed by atoms with van der Waals surface area (Å²) in [7, 11) is 0. The largest absolute Gasteiger partial charge is 0.417 e. The Kier molecular flexibility index (Phi) is 5.41. The van der Waals surface area contributed by atoms with E-state index in [-0.39, 0.29) is 22.5 Å². The van der Waals surface area contributed by atoms with Gasteiger partial charge in [0.05, 0.1) is 16.3 Å². The number of anilines is 2. The molecule has 0 radical (unpaired) electrons. The number of aromatic nitrogens is 3. The topological polar surface area (TPSA) is 124 Å². The average Bonchev–Trinajstić information content (AvgIpc) is 2.86. The van der Waals surface area contributed by atoms with Gasteiger partial charge in [0.2, 0.25) is 11.1 Å². The molecule has 0 aliphatic carbocycles. The molecule has 0 unspecified atom stereocenters. The highest BCUT2D eigenvalue weighted by molar-refractivity contribution is 7.99. The highest BCUT2D eigenvalue weighted by Gasteiger charge is 2.33. The number of thioether (sulfide) groups is 1. The summed E-state index contributed by atoms with van der Waals surface area (Å²) in [6.45, 7) is 0. The number of carbonyl (C=O) groups excluding carboxylic acids is 1. The number of alkyl halides is 3. The predicted molar refractivity (Wildman–Crippen MR) is 83.8 cm³/mol. The van der Waals surface area contributed by atoms with Crippen LogP contribution in [0.15, 0.2) is 23.4 Å². The summed E-state index contributed by atoms with van der Waals surface area (Å²) < 4.78 is 39.3. The number of carbonyl (C=O) groups is 1. The molecule has 2 rings (SSSR count). The van der Waals surface area contributed by atoms with Crippen molar-refractivity contribution in [3.05, 3.63) is 28.8 Å². The second kappa shape index (κ2) is 7.15. The summed E-state index contributed by atoms with van der Waals surface area (Å²) in [5.41, 5.74) is 1.14. The molecule has 1 aromatic carbocycles. The van der Waals surface area contributed by atoms with Crippen molar-refractivity contribution in [2.24, 2.45) is 5.84 Å². The normalized spacial score (nSPS) is 11.4. The molecule has 130 valence electrons. The zero-order valence-electron chi connectivity index (χ0n) is 11.8. The highest BCUT2D eigenvalue weighted by Crippen LogP contribution is 2.36. The summed E-state index contributed by atoms with van der Waals surface area (Å²) in [5, 5.41) is 9.37. The maximum atomic E-state index is 12.8. The minimum absolute atomic E-state index is 0.0316. The van der Waals surface area contributed by atoms with Crippen LogP contribution >= 0.6 is 23.4 Å². The van der Waals surface area contributed by atoms with Crippen LogP contribution in [0.25, 0.3) is 0 Å². The molecule has 24 heavy (non-hydrogen) atoms. The summed E-state index contributed by atoms with van der Waals surface area (Å²) in [4.78, 5) is 11.8. The maximum Gasteiger partial charge on any atom is 0.417 e. The van der Waals surface area contributed by atoms with Gasteiger partial charge in [0.25, 0.3) is 5.95 Å². The first kappa shape index (κ1) is 18.2. The highest BCUT2D eigenvalue weighted by atomic mass is 35.5. The van der Waals surface area contributed by atoms with E-state index in [4.69, 9.17) is 23.3 Å². The molecular weight excluding hydrogens is 371 g/mol. The molecule has 1 amide bonds. The van der Waals surface area contributed by atoms with Crippen LogP contribution in [0.5, 0.6) is 0 Å². The van der Waals surface area contributed by atoms with Gasteiger partial charge in [-0.2, -0.15) is 13.2 Å². The average molecular weight is 382 g/mol. The van der Waals surface area contributed by atoms with E-state index in [2.05, 4.69) is 20.9 Å². The van der Waals surface area contributed by atoms with Crippen molar-refractivity contribution in [3.63, 3.8) is 0 Å². The van der Waals surface area contributed by atoms with Crippen LogP contribution in [0, 0.1) is 0 Å². The molecular formula is C11H11ClF3N7OS. The van der Waals surface area contributed by atoms with Crippen molar-refractivity contribution >= 4 is 40.9 Å². The summed E-state index contributed by atoms with van der Waals surface area (Å²) in [6.07, 6.45) is -4.62. The third-order valence-corrected chi connectivity index (χ3v) is 3.95. The van der Waals surface area contributed by atoms with Gasteiger partial charge in [-0.05, 0) is 18.2 Å². The van der Waals surface area contributed by atoms with E-state index < -0.39 is 22.7 Å². The number of nitrogens with zero attached hydrogens (tertiary/aromatic N) is 3. The molecule has 0 saturated carbocycles. The van der Waals surface area contributed by atoms with Crippen LogP contribution in [0.3, 0.4) is 0 Å². The van der Waals surface area contributed by atoms with Crippen molar-refractivity contribution in [2.45, 2.75) is 11.3 Å². The summed E-state index contributed by atoms with van der Waals surface area (Å²) in [6, 6.07) is 3.08. The quantitative estimate of drug-likeness (QED) is 0.353. The van der Waals surface area contributed by atoms with Crippen molar-refractivity contribution in [2.75, 3.05) is 22.3 Å². The maximum absolute atomic E-state index is 12.8. The lowest BCUT2D eigenvalue weighted by atomic mass is 10.2. The third-order valence-electron chi connectivity index (χ3n) is 2.68. The van der Waals surface area contributed by atoms with E-state index in [9.17, 15) is 18.0 Å². The zero-order valence-corrected chi connectivity index (χ0v) is 13.3. The molecule has 13 heteroatoms. The first-order valence-corrected chi connectivity index (χ1v) is 7.55. The van der Waals surface area contributed by atoms with E-state index in [1.54, 1.807) is 0 Å². The Morgan fingerprint density at radius 1 is 1.38 bits per heavy atom. The van der Waals surface area contributed by atoms with Crippen molar-refractivity contribution in [3.8, 4) is 0 Å². The molecule has 8 nitrogen and oxygen atoms in total. The number of rotatable bonds is 5. The molecule has 2 aromatic rings. The summed E-state index contributed by atoms with van der Waals surface area (Å²) in [5.74, 6) is 10.1. The van der Waals surface area contributed by atoms with Crippen LogP contribution in [0.4, 0.5) is 24.8 Å². The minimum atomic E-state index is -4.62. The van der Waals surface area contributed by atoms with Crippen molar-refractivity contribution < 1.29 is 18.0 Å². The lowest BCUT2D eigenvalue weighted by molar-refractivity contribution is -0.137. The smallest absolute Gasteiger partial charge is 0.334 e. The molecule has 0 spiro atoms. The van der Waals surface area contributed by atoms with E-state index in [1.807, 2.05) is 0 Å². The first-order chi connectivity index (χ1) is 11.2. The van der Waals surface area contributed by atoms with Gasteiger partial charge in [0, 0.05) is 5.69 Å². The molecule has 6 N–H and O–H groups in total. The van der Waals surface area contributed by atoms with Crippen LogP contribution < -0.4 is 22.4 Å². The second-order valence-corrected chi connectivity index (χ2v) is 5.70. The third kappa shape index (κ3) is 4.21. The molecule has 0 fully saturated rings. The molecule has 0 aliphatic heterocycles. The standard InChI is InChI=1S/C11H11ClF3N7OS/c12-7-2-1-5(3-6(7)11(13,14)15)18-8(23)4-24-10-21-20-9(19-16)22(10)17/h1-3H,4,16-17H2,(H,18,23)(H,19,20). The Hall–Kier alpha value is -2.18. The van der Waals surface area contributed by atoms with Gasteiger partial charge in [-0.15, -0.1) is 10.2 Å². The predicted octanol–water partition coefficient (Wildman–Crippen LogP) is 1.68. The van der Waals surface area contributed by atoms with E-state index in [0.29, 0.717) is 0 Å². The van der Waals surface area contributed by atoms with E-state index >= 15 is 0 Å². The Bertz CT molecular complexity index is 752. The SMILES string of the molecule is NNc1nnc(SCC(=O)Nc2ccc(Cl)c(C(F)(F)F)c2)n1N. The van der Waals surface area contributed by atoms with Crippen LogP contribution in [-0.2, 0) is 11.0 Å². The fraction of sp³-hybridized carbons (Fsp3) is 0.182. The van der Waals surface area contributed by atoms with Crippen molar-refractivity contribution in [1.82, 2.24) is 14.9 Å². The lowest BCUT2D eigenvalue weighted by Gasteiger charge is -2.11. The van der Waals surface area contributed by atoms with Gasteiger partial charge in [0.15, 0.2) is 0 Å². The van der Waals surface area contributed by atoms with Crippen LogP contribution in [0.2, 0.25) is 5.02 Å². The number of hydrazine groups is 1. The summed E-state index contributed by atoms with van der Waals surface area (Å²) >= 11 is 6.44. The number of nitrogens with one attached hydrogen (secondary N) is 2.